The van der Waals surface area contributed by atoms with Crippen LogP contribution in [0.15, 0.2) is 67.0 Å². The van der Waals surface area contributed by atoms with Crippen LogP contribution in [0.25, 0.3) is 0 Å². The Morgan fingerprint density at radius 2 is 1.75 bits per heavy atom. The lowest BCUT2D eigenvalue weighted by Gasteiger charge is -2.35. The number of para-hydroxylation sites is 1. The topological polar surface area (TPSA) is 74.2 Å². The highest BCUT2D eigenvalue weighted by atomic mass is 16.2. The van der Waals surface area contributed by atoms with Crippen LogP contribution < -0.4 is 10.2 Å². The van der Waals surface area contributed by atoms with E-state index in [0.29, 0.717) is 31.1 Å². The van der Waals surface area contributed by atoms with E-state index in [1.807, 2.05) is 35.2 Å². The van der Waals surface area contributed by atoms with Gasteiger partial charge in [-0.15, -0.1) is 10.2 Å². The average molecular weight is 374 g/mol. The highest BCUT2D eigenvalue weighted by molar-refractivity contribution is 5.92. The maximum Gasteiger partial charge on any atom is 0.274 e. The number of rotatable bonds is 5. The lowest BCUT2D eigenvalue weighted by Crippen LogP contribution is -2.49. The van der Waals surface area contributed by atoms with Crippen molar-refractivity contribution in [1.82, 2.24) is 20.1 Å². The molecule has 1 saturated heterocycles. The van der Waals surface area contributed by atoms with Gasteiger partial charge in [0.25, 0.3) is 5.91 Å². The molecule has 28 heavy (non-hydrogen) atoms. The fraction of sp³-hybridized carbons (Fsp3) is 0.238. The van der Waals surface area contributed by atoms with Gasteiger partial charge in [0.2, 0.25) is 0 Å². The van der Waals surface area contributed by atoms with Gasteiger partial charge in [-0.05, 0) is 35.9 Å². The molecule has 0 saturated carbocycles. The number of carbonyl (C=O) groups excluding carboxylic acids is 1. The van der Waals surface area contributed by atoms with E-state index in [1.165, 1.54) is 5.69 Å². The molecule has 142 valence electrons. The van der Waals surface area contributed by atoms with Gasteiger partial charge in [-0.25, -0.2) is 0 Å². The van der Waals surface area contributed by atoms with Gasteiger partial charge in [0.05, 0.1) is 0 Å². The quantitative estimate of drug-likeness (QED) is 0.739. The second kappa shape index (κ2) is 8.47. The Hall–Kier alpha value is -3.48. The number of nitrogens with zero attached hydrogens (tertiary/aromatic N) is 5. The van der Waals surface area contributed by atoms with Gasteiger partial charge in [0, 0.05) is 50.8 Å². The molecule has 0 unspecified atom stereocenters. The molecule has 0 spiro atoms. The van der Waals surface area contributed by atoms with E-state index in [4.69, 9.17) is 0 Å². The summed E-state index contributed by atoms with van der Waals surface area (Å²) in [7, 11) is 0. The zero-order valence-electron chi connectivity index (χ0n) is 15.5. The van der Waals surface area contributed by atoms with Crippen LogP contribution in [-0.4, -0.2) is 52.2 Å². The Balaban J connectivity index is 1.31. The molecule has 0 bridgehead atoms. The van der Waals surface area contributed by atoms with Gasteiger partial charge < -0.3 is 15.1 Å². The number of pyridine rings is 1. The first-order valence-corrected chi connectivity index (χ1v) is 9.35. The van der Waals surface area contributed by atoms with E-state index in [1.54, 1.807) is 24.5 Å². The number of amides is 1. The fourth-order valence-electron chi connectivity index (χ4n) is 3.20. The second-order valence-corrected chi connectivity index (χ2v) is 6.63. The normalized spacial score (nSPS) is 14.0. The zero-order chi connectivity index (χ0) is 19.2. The number of piperazine rings is 1. The first-order chi connectivity index (χ1) is 13.8. The van der Waals surface area contributed by atoms with Crippen molar-refractivity contribution >= 4 is 17.4 Å². The molecule has 1 aromatic carbocycles. The van der Waals surface area contributed by atoms with Crippen molar-refractivity contribution in [3.8, 4) is 0 Å². The van der Waals surface area contributed by atoms with Gasteiger partial charge in [0.1, 0.15) is 5.82 Å². The number of anilines is 2. The summed E-state index contributed by atoms with van der Waals surface area (Å²) in [5, 5.41) is 11.4. The summed E-state index contributed by atoms with van der Waals surface area (Å²) in [6.45, 7) is 3.59. The second-order valence-electron chi connectivity index (χ2n) is 6.63. The fourth-order valence-corrected chi connectivity index (χ4v) is 3.20. The third-order valence-electron chi connectivity index (χ3n) is 4.77. The van der Waals surface area contributed by atoms with Crippen molar-refractivity contribution in [2.24, 2.45) is 0 Å². The van der Waals surface area contributed by atoms with Gasteiger partial charge in [0.15, 0.2) is 5.69 Å². The monoisotopic (exact) mass is 374 g/mol. The molecule has 3 heterocycles. The lowest BCUT2D eigenvalue weighted by atomic mass is 10.2. The first-order valence-electron chi connectivity index (χ1n) is 9.35. The van der Waals surface area contributed by atoms with Crippen LogP contribution in [0.4, 0.5) is 11.5 Å². The van der Waals surface area contributed by atoms with Gasteiger partial charge in [-0.3, -0.25) is 9.78 Å². The van der Waals surface area contributed by atoms with Crippen LogP contribution in [0.5, 0.6) is 0 Å². The minimum absolute atomic E-state index is 0.0704. The van der Waals surface area contributed by atoms with E-state index in [2.05, 4.69) is 37.5 Å². The van der Waals surface area contributed by atoms with Crippen molar-refractivity contribution in [1.29, 1.82) is 0 Å². The molecule has 1 fully saturated rings. The smallest absolute Gasteiger partial charge is 0.274 e. The number of hydrogen-bond donors (Lipinski definition) is 1. The molecule has 0 atom stereocenters. The SMILES string of the molecule is O=C(c1ccc(NCc2cccnc2)nn1)N1CCN(c2ccccc2)CC1. The molecule has 3 aromatic rings. The van der Waals surface area contributed by atoms with E-state index in [9.17, 15) is 4.79 Å². The summed E-state index contributed by atoms with van der Waals surface area (Å²) in [4.78, 5) is 20.9. The standard InChI is InChI=1S/C21H22N6O/c28-21(27-13-11-26(12-14-27)18-6-2-1-3-7-18)19-8-9-20(25-24-19)23-16-17-5-4-10-22-15-17/h1-10,15H,11-14,16H2,(H,23,25). The minimum Gasteiger partial charge on any atom is -0.368 e. The molecule has 0 radical (unpaired) electrons. The van der Waals surface area contributed by atoms with Crippen molar-refractivity contribution in [3.05, 3.63) is 78.2 Å². The van der Waals surface area contributed by atoms with E-state index < -0.39 is 0 Å². The predicted octanol–water partition coefficient (Wildman–Crippen LogP) is 2.45. The van der Waals surface area contributed by atoms with Gasteiger partial charge in [-0.1, -0.05) is 24.3 Å². The van der Waals surface area contributed by atoms with Gasteiger partial charge in [-0.2, -0.15) is 0 Å². The lowest BCUT2D eigenvalue weighted by molar-refractivity contribution is 0.0739. The molecule has 1 aliphatic rings. The average Bonchev–Trinajstić information content (AvgIpc) is 2.79. The summed E-state index contributed by atoms with van der Waals surface area (Å²) in [6.07, 6.45) is 3.54. The summed E-state index contributed by atoms with van der Waals surface area (Å²) >= 11 is 0. The maximum atomic E-state index is 12.7. The molecular weight excluding hydrogens is 352 g/mol. The zero-order valence-corrected chi connectivity index (χ0v) is 15.5. The van der Waals surface area contributed by atoms with Crippen LogP contribution in [-0.2, 0) is 6.54 Å². The Labute approximate surface area is 164 Å². The molecule has 1 amide bonds. The summed E-state index contributed by atoms with van der Waals surface area (Å²) in [5.74, 6) is 0.563. The molecule has 7 nitrogen and oxygen atoms in total. The van der Waals surface area contributed by atoms with Crippen LogP contribution in [0.2, 0.25) is 0 Å². The van der Waals surface area contributed by atoms with Crippen molar-refractivity contribution < 1.29 is 4.79 Å². The largest absolute Gasteiger partial charge is 0.368 e. The first kappa shape index (κ1) is 17.9. The van der Waals surface area contributed by atoms with Crippen LogP contribution in [0.1, 0.15) is 16.1 Å². The van der Waals surface area contributed by atoms with Crippen LogP contribution in [0.3, 0.4) is 0 Å². The Kier molecular flexibility index (Phi) is 5.42. The molecular formula is C21H22N6O. The van der Waals surface area contributed by atoms with E-state index in [-0.39, 0.29) is 5.91 Å². The molecule has 0 aliphatic carbocycles. The molecule has 2 aromatic heterocycles. The summed E-state index contributed by atoms with van der Waals surface area (Å²) < 4.78 is 0. The van der Waals surface area contributed by atoms with E-state index in [0.717, 1.165) is 18.7 Å². The number of nitrogens with one attached hydrogen (secondary N) is 1. The number of benzene rings is 1. The minimum atomic E-state index is -0.0704. The number of aromatic nitrogens is 3. The van der Waals surface area contributed by atoms with Crippen molar-refractivity contribution in [2.75, 3.05) is 36.4 Å². The number of carbonyl (C=O) groups is 1. The third-order valence-corrected chi connectivity index (χ3v) is 4.77. The Morgan fingerprint density at radius 1 is 0.929 bits per heavy atom. The van der Waals surface area contributed by atoms with Crippen LogP contribution >= 0.6 is 0 Å². The third kappa shape index (κ3) is 4.25. The summed E-state index contributed by atoms with van der Waals surface area (Å²) in [5.41, 5.74) is 2.62. The maximum absolute atomic E-state index is 12.7. The number of hydrogen-bond acceptors (Lipinski definition) is 6. The Bertz CT molecular complexity index is 893. The predicted molar refractivity (Wildman–Crippen MR) is 108 cm³/mol. The van der Waals surface area contributed by atoms with Crippen molar-refractivity contribution in [3.63, 3.8) is 0 Å². The molecule has 7 heteroatoms. The van der Waals surface area contributed by atoms with E-state index >= 15 is 0 Å². The molecule has 4 rings (SSSR count). The molecule has 1 aliphatic heterocycles. The Morgan fingerprint density at radius 3 is 2.43 bits per heavy atom. The highest BCUT2D eigenvalue weighted by Crippen LogP contribution is 2.16. The van der Waals surface area contributed by atoms with Crippen molar-refractivity contribution in [2.45, 2.75) is 6.54 Å². The molecule has 1 N–H and O–H groups in total. The van der Waals surface area contributed by atoms with Gasteiger partial charge >= 0.3 is 0 Å². The summed E-state index contributed by atoms with van der Waals surface area (Å²) in [6, 6.07) is 17.7. The van der Waals surface area contributed by atoms with Crippen LogP contribution in [0, 0.1) is 0 Å². The highest BCUT2D eigenvalue weighted by Gasteiger charge is 2.23.